The molecule has 0 aliphatic rings. The van der Waals surface area contributed by atoms with Crippen molar-refractivity contribution in [3.05, 3.63) is 29.8 Å². The van der Waals surface area contributed by atoms with Gasteiger partial charge in [-0.15, -0.1) is 0 Å². The predicted molar refractivity (Wildman–Crippen MR) is 70.3 cm³/mol. The number of phenols is 1. The van der Waals surface area contributed by atoms with E-state index in [1.54, 1.807) is 12.1 Å². The van der Waals surface area contributed by atoms with E-state index in [9.17, 15) is 9.90 Å². The van der Waals surface area contributed by atoms with E-state index < -0.39 is 0 Å². The van der Waals surface area contributed by atoms with Gasteiger partial charge in [0.15, 0.2) is 0 Å². The molecule has 0 radical (unpaired) electrons. The predicted octanol–water partition coefficient (Wildman–Crippen LogP) is 4.04. The number of benzene rings is 1. The standard InChI is InChI=1S/C15H22O2/c1-3-5-6-13(11-14(16)4-2)12-7-9-15(17)10-8-12/h7-10,13,17H,3-6,11H2,1-2H3. The smallest absolute Gasteiger partial charge is 0.133 e. The van der Waals surface area contributed by atoms with Crippen molar-refractivity contribution in [2.45, 2.75) is 51.9 Å². The Labute approximate surface area is 104 Å². The van der Waals surface area contributed by atoms with Gasteiger partial charge in [0.1, 0.15) is 11.5 Å². The Hall–Kier alpha value is -1.31. The molecule has 94 valence electrons. The highest BCUT2D eigenvalue weighted by Crippen LogP contribution is 2.27. The minimum atomic E-state index is 0.282. The Morgan fingerprint density at radius 1 is 1.24 bits per heavy atom. The van der Waals surface area contributed by atoms with E-state index in [-0.39, 0.29) is 5.75 Å². The second-order valence-corrected chi connectivity index (χ2v) is 4.53. The number of hydrogen-bond donors (Lipinski definition) is 1. The highest BCUT2D eigenvalue weighted by atomic mass is 16.3. The third-order valence-corrected chi connectivity index (χ3v) is 3.14. The zero-order valence-electron chi connectivity index (χ0n) is 10.8. The Morgan fingerprint density at radius 3 is 2.41 bits per heavy atom. The fourth-order valence-corrected chi connectivity index (χ4v) is 2.00. The second kappa shape index (κ2) is 7.10. The van der Waals surface area contributed by atoms with E-state index in [4.69, 9.17) is 0 Å². The zero-order chi connectivity index (χ0) is 12.7. The first-order chi connectivity index (χ1) is 8.17. The first-order valence-corrected chi connectivity index (χ1v) is 6.48. The molecular formula is C15H22O2. The molecule has 0 fully saturated rings. The summed E-state index contributed by atoms with van der Waals surface area (Å²) in [6, 6.07) is 7.26. The average molecular weight is 234 g/mol. The first-order valence-electron chi connectivity index (χ1n) is 6.48. The molecule has 0 aromatic heterocycles. The van der Waals surface area contributed by atoms with Crippen molar-refractivity contribution in [3.63, 3.8) is 0 Å². The van der Waals surface area contributed by atoms with Crippen molar-refractivity contribution >= 4 is 5.78 Å². The molecule has 0 aliphatic carbocycles. The minimum Gasteiger partial charge on any atom is -0.508 e. The van der Waals surface area contributed by atoms with Crippen LogP contribution in [0, 0.1) is 0 Å². The SMILES string of the molecule is CCCCC(CC(=O)CC)c1ccc(O)cc1. The van der Waals surface area contributed by atoms with Crippen LogP contribution < -0.4 is 0 Å². The van der Waals surface area contributed by atoms with Gasteiger partial charge in [-0.1, -0.05) is 38.8 Å². The molecule has 2 heteroatoms. The van der Waals surface area contributed by atoms with Crippen LogP contribution >= 0.6 is 0 Å². The van der Waals surface area contributed by atoms with E-state index >= 15 is 0 Å². The third kappa shape index (κ3) is 4.59. The van der Waals surface area contributed by atoms with Gasteiger partial charge < -0.3 is 5.11 Å². The van der Waals surface area contributed by atoms with Gasteiger partial charge in [-0.2, -0.15) is 0 Å². The number of carbonyl (C=O) groups excluding carboxylic acids is 1. The molecule has 0 saturated heterocycles. The Bertz CT molecular complexity index is 340. The molecule has 0 amide bonds. The van der Waals surface area contributed by atoms with Gasteiger partial charge in [0, 0.05) is 12.8 Å². The molecule has 2 nitrogen and oxygen atoms in total. The van der Waals surface area contributed by atoms with Crippen molar-refractivity contribution in [1.29, 1.82) is 0 Å². The van der Waals surface area contributed by atoms with E-state index in [2.05, 4.69) is 6.92 Å². The van der Waals surface area contributed by atoms with Crippen molar-refractivity contribution in [2.75, 3.05) is 0 Å². The van der Waals surface area contributed by atoms with Gasteiger partial charge in [0.2, 0.25) is 0 Å². The maximum Gasteiger partial charge on any atom is 0.133 e. The summed E-state index contributed by atoms with van der Waals surface area (Å²) in [5.41, 5.74) is 1.16. The van der Waals surface area contributed by atoms with Crippen LogP contribution in [-0.4, -0.2) is 10.9 Å². The third-order valence-electron chi connectivity index (χ3n) is 3.14. The number of rotatable bonds is 7. The summed E-state index contributed by atoms with van der Waals surface area (Å²) in [4.78, 5) is 11.6. The highest BCUT2D eigenvalue weighted by Gasteiger charge is 2.14. The van der Waals surface area contributed by atoms with E-state index in [1.807, 2.05) is 19.1 Å². The lowest BCUT2D eigenvalue weighted by Crippen LogP contribution is -2.06. The molecule has 1 N–H and O–H groups in total. The molecule has 0 heterocycles. The van der Waals surface area contributed by atoms with Gasteiger partial charge in [-0.25, -0.2) is 0 Å². The Morgan fingerprint density at radius 2 is 1.88 bits per heavy atom. The molecule has 1 unspecified atom stereocenters. The van der Waals surface area contributed by atoms with E-state index in [1.165, 1.54) is 0 Å². The van der Waals surface area contributed by atoms with Gasteiger partial charge in [-0.3, -0.25) is 4.79 Å². The van der Waals surface area contributed by atoms with Crippen molar-refractivity contribution < 1.29 is 9.90 Å². The minimum absolute atomic E-state index is 0.282. The summed E-state index contributed by atoms with van der Waals surface area (Å²) in [6.07, 6.45) is 4.58. The number of ketones is 1. The van der Waals surface area contributed by atoms with Gasteiger partial charge in [0.05, 0.1) is 0 Å². The largest absolute Gasteiger partial charge is 0.508 e. The first kappa shape index (κ1) is 13.8. The van der Waals surface area contributed by atoms with Crippen LogP contribution in [0.2, 0.25) is 0 Å². The van der Waals surface area contributed by atoms with Gasteiger partial charge >= 0.3 is 0 Å². The van der Waals surface area contributed by atoms with Crippen molar-refractivity contribution in [2.24, 2.45) is 0 Å². The van der Waals surface area contributed by atoms with Crippen molar-refractivity contribution in [1.82, 2.24) is 0 Å². The summed E-state index contributed by atoms with van der Waals surface area (Å²) >= 11 is 0. The molecule has 0 spiro atoms. The molecule has 0 aliphatic heterocycles. The van der Waals surface area contributed by atoms with E-state index in [0.717, 1.165) is 24.8 Å². The summed E-state index contributed by atoms with van der Waals surface area (Å²) < 4.78 is 0. The number of aromatic hydroxyl groups is 1. The Balaban J connectivity index is 2.74. The summed E-state index contributed by atoms with van der Waals surface area (Å²) in [5, 5.41) is 9.28. The molecule has 1 rings (SSSR count). The van der Waals surface area contributed by atoms with Crippen LogP contribution in [0.1, 0.15) is 57.4 Å². The molecule has 0 saturated carbocycles. The number of unbranched alkanes of at least 4 members (excludes halogenated alkanes) is 1. The molecule has 1 aromatic carbocycles. The van der Waals surface area contributed by atoms with E-state index in [0.29, 0.717) is 24.5 Å². The van der Waals surface area contributed by atoms with Crippen LogP contribution in [0.25, 0.3) is 0 Å². The summed E-state index contributed by atoms with van der Waals surface area (Å²) in [6.45, 7) is 4.07. The Kier molecular flexibility index (Phi) is 5.75. The maximum atomic E-state index is 11.6. The normalized spacial score (nSPS) is 12.4. The highest BCUT2D eigenvalue weighted by molar-refractivity contribution is 5.78. The molecule has 1 atom stereocenters. The monoisotopic (exact) mass is 234 g/mol. The van der Waals surface area contributed by atoms with Crippen LogP contribution in [0.5, 0.6) is 5.75 Å². The molecule has 0 bridgehead atoms. The lowest BCUT2D eigenvalue weighted by molar-refractivity contribution is -0.119. The quantitative estimate of drug-likeness (QED) is 0.773. The lowest BCUT2D eigenvalue weighted by Gasteiger charge is -2.16. The topological polar surface area (TPSA) is 37.3 Å². The second-order valence-electron chi connectivity index (χ2n) is 4.53. The van der Waals surface area contributed by atoms with Crippen LogP contribution in [0.4, 0.5) is 0 Å². The number of carbonyl (C=O) groups is 1. The van der Waals surface area contributed by atoms with Crippen LogP contribution in [0.15, 0.2) is 24.3 Å². The number of hydrogen-bond acceptors (Lipinski definition) is 2. The van der Waals surface area contributed by atoms with Gasteiger partial charge in [0.25, 0.3) is 0 Å². The van der Waals surface area contributed by atoms with Crippen molar-refractivity contribution in [3.8, 4) is 5.75 Å². The fraction of sp³-hybridized carbons (Fsp3) is 0.533. The van der Waals surface area contributed by atoms with Crippen LogP contribution in [-0.2, 0) is 4.79 Å². The lowest BCUT2D eigenvalue weighted by atomic mass is 9.88. The zero-order valence-corrected chi connectivity index (χ0v) is 10.8. The summed E-state index contributed by atoms with van der Waals surface area (Å²) in [7, 11) is 0. The summed E-state index contributed by atoms with van der Waals surface area (Å²) in [5.74, 6) is 0.909. The fourth-order valence-electron chi connectivity index (χ4n) is 2.00. The number of phenolic OH excluding ortho intramolecular Hbond substituents is 1. The van der Waals surface area contributed by atoms with Crippen LogP contribution in [0.3, 0.4) is 0 Å². The average Bonchev–Trinajstić information content (AvgIpc) is 2.35. The maximum absolute atomic E-state index is 11.6. The number of Topliss-reactive ketones (excluding diaryl/α,β-unsaturated/α-hetero) is 1. The molecule has 1 aromatic rings. The van der Waals surface area contributed by atoms with Gasteiger partial charge in [-0.05, 0) is 30.0 Å². The molecular weight excluding hydrogens is 212 g/mol. The molecule has 17 heavy (non-hydrogen) atoms.